The van der Waals surface area contributed by atoms with Gasteiger partial charge in [-0.1, -0.05) is 48.5 Å². The van der Waals surface area contributed by atoms with Crippen molar-refractivity contribution in [2.45, 2.75) is 6.42 Å². The number of carbonyl (C=O) groups is 1. The van der Waals surface area contributed by atoms with Crippen LogP contribution in [0.5, 0.6) is 0 Å². The molecule has 0 unspecified atom stereocenters. The van der Waals surface area contributed by atoms with E-state index < -0.39 is 5.97 Å². The minimum atomic E-state index is -0.892. The molecule has 3 nitrogen and oxygen atoms in total. The third-order valence-corrected chi connectivity index (χ3v) is 3.04. The van der Waals surface area contributed by atoms with Gasteiger partial charge in [-0.15, -0.1) is 0 Å². The molecule has 1 aliphatic carbocycles. The first-order chi connectivity index (χ1) is 9.24. The van der Waals surface area contributed by atoms with Crippen LogP contribution in [0.25, 0.3) is 22.5 Å². The van der Waals surface area contributed by atoms with E-state index in [4.69, 9.17) is 9.52 Å². The Bertz CT molecular complexity index is 682. The summed E-state index contributed by atoms with van der Waals surface area (Å²) in [6, 6.07) is 17.4. The Balaban J connectivity index is 2.16. The quantitative estimate of drug-likeness (QED) is 0.773. The monoisotopic (exact) mass is 252 g/mol. The number of hydrogen-bond acceptors (Lipinski definition) is 2. The summed E-state index contributed by atoms with van der Waals surface area (Å²) in [7, 11) is 0. The van der Waals surface area contributed by atoms with Gasteiger partial charge in [-0.25, -0.2) is 0 Å². The maximum Gasteiger partial charge on any atom is 0.311 e. The molecule has 1 N–H and O–H groups in total. The molecule has 94 valence electrons. The number of rotatable bonds is 3. The normalized spacial score (nSPS) is 10.7. The van der Waals surface area contributed by atoms with Crippen molar-refractivity contribution in [2.75, 3.05) is 0 Å². The van der Waals surface area contributed by atoms with E-state index in [-0.39, 0.29) is 6.42 Å². The SMILES string of the molecule is O=C(O)Cc1oc(-c2ccccc2)cc2cccc1-2. The van der Waals surface area contributed by atoms with Gasteiger partial charge >= 0.3 is 5.97 Å². The first-order valence-electron chi connectivity index (χ1n) is 6.03. The van der Waals surface area contributed by atoms with Gasteiger partial charge in [0.25, 0.3) is 0 Å². The predicted octanol–water partition coefficient (Wildman–Crippen LogP) is 3.68. The minimum Gasteiger partial charge on any atom is -0.481 e. The molecule has 19 heavy (non-hydrogen) atoms. The zero-order valence-electron chi connectivity index (χ0n) is 10.2. The van der Waals surface area contributed by atoms with E-state index in [9.17, 15) is 4.79 Å². The molecule has 3 rings (SSSR count). The van der Waals surface area contributed by atoms with Crippen molar-refractivity contribution in [3.63, 3.8) is 0 Å². The molecule has 0 fully saturated rings. The Hall–Kier alpha value is -2.55. The van der Waals surface area contributed by atoms with Gasteiger partial charge in [0.1, 0.15) is 17.9 Å². The second-order valence-corrected chi connectivity index (χ2v) is 4.37. The van der Waals surface area contributed by atoms with E-state index in [1.807, 2.05) is 54.6 Å². The molecule has 0 spiro atoms. The van der Waals surface area contributed by atoms with E-state index in [1.165, 1.54) is 0 Å². The lowest BCUT2D eigenvalue weighted by atomic mass is 10.0. The van der Waals surface area contributed by atoms with Crippen molar-refractivity contribution in [3.8, 4) is 22.5 Å². The highest BCUT2D eigenvalue weighted by molar-refractivity contribution is 5.78. The number of carboxylic acid groups (broad SMARTS) is 1. The Labute approximate surface area is 110 Å². The lowest BCUT2D eigenvalue weighted by Crippen LogP contribution is -2.02. The van der Waals surface area contributed by atoms with Crippen molar-refractivity contribution in [2.24, 2.45) is 0 Å². The zero-order chi connectivity index (χ0) is 13.2. The number of aliphatic carboxylic acids is 1. The van der Waals surface area contributed by atoms with Gasteiger partial charge in [0.15, 0.2) is 0 Å². The second kappa shape index (κ2) is 4.61. The highest BCUT2D eigenvalue weighted by Gasteiger charge is 2.16. The van der Waals surface area contributed by atoms with Crippen LogP contribution in [0, 0.1) is 0 Å². The average molecular weight is 252 g/mol. The summed E-state index contributed by atoms with van der Waals surface area (Å²) in [6.07, 6.45) is -0.110. The fourth-order valence-corrected chi connectivity index (χ4v) is 2.19. The minimum absolute atomic E-state index is 0.110. The fraction of sp³-hybridized carbons (Fsp3) is 0.0625. The summed E-state index contributed by atoms with van der Waals surface area (Å²) < 4.78 is 5.77. The maximum absolute atomic E-state index is 10.9. The molecule has 1 aromatic rings. The molecule has 0 aromatic heterocycles. The van der Waals surface area contributed by atoms with Crippen molar-refractivity contribution in [1.82, 2.24) is 0 Å². The third kappa shape index (κ3) is 2.22. The molecule has 0 radical (unpaired) electrons. The van der Waals surface area contributed by atoms with Gasteiger partial charge < -0.3 is 9.52 Å². The highest BCUT2D eigenvalue weighted by atomic mass is 16.4. The molecular formula is C16H12O3. The van der Waals surface area contributed by atoms with Crippen LogP contribution in [0.4, 0.5) is 0 Å². The summed E-state index contributed by atoms with van der Waals surface area (Å²) in [5.74, 6) is 0.292. The van der Waals surface area contributed by atoms with Crippen molar-refractivity contribution in [3.05, 3.63) is 60.4 Å². The highest BCUT2D eigenvalue weighted by Crippen LogP contribution is 2.33. The molecule has 1 heterocycles. The van der Waals surface area contributed by atoms with Gasteiger partial charge in [-0.05, 0) is 11.6 Å². The van der Waals surface area contributed by atoms with Crippen LogP contribution in [-0.4, -0.2) is 11.1 Å². The van der Waals surface area contributed by atoms with Crippen LogP contribution >= 0.6 is 0 Å². The lowest BCUT2D eigenvalue weighted by molar-refractivity contribution is -0.136. The molecule has 2 aliphatic rings. The Morgan fingerprint density at radius 2 is 1.74 bits per heavy atom. The van der Waals surface area contributed by atoms with Gasteiger partial charge in [-0.2, -0.15) is 0 Å². The van der Waals surface area contributed by atoms with Crippen LogP contribution in [0.2, 0.25) is 0 Å². The first-order valence-corrected chi connectivity index (χ1v) is 6.03. The molecule has 0 atom stereocenters. The van der Waals surface area contributed by atoms with Crippen LogP contribution in [0.15, 0.2) is 59.0 Å². The van der Waals surface area contributed by atoms with Crippen molar-refractivity contribution < 1.29 is 14.3 Å². The van der Waals surface area contributed by atoms with Crippen LogP contribution in [0.3, 0.4) is 0 Å². The van der Waals surface area contributed by atoms with Gasteiger partial charge in [0.05, 0.1) is 0 Å². The summed E-state index contributed by atoms with van der Waals surface area (Å²) in [6.45, 7) is 0. The molecule has 1 aliphatic heterocycles. The average Bonchev–Trinajstić information content (AvgIpc) is 2.87. The van der Waals surface area contributed by atoms with Gasteiger partial charge in [0, 0.05) is 11.1 Å². The van der Waals surface area contributed by atoms with Crippen molar-refractivity contribution in [1.29, 1.82) is 0 Å². The second-order valence-electron chi connectivity index (χ2n) is 4.37. The predicted molar refractivity (Wildman–Crippen MR) is 72.1 cm³/mol. The first kappa shape index (κ1) is 11.5. The molecule has 0 saturated heterocycles. The number of hydrogen-bond donors (Lipinski definition) is 1. The largest absolute Gasteiger partial charge is 0.481 e. The van der Waals surface area contributed by atoms with E-state index in [2.05, 4.69) is 0 Å². The summed E-state index contributed by atoms with van der Waals surface area (Å²) in [5.41, 5.74) is 2.81. The molecule has 0 amide bonds. The summed E-state index contributed by atoms with van der Waals surface area (Å²) in [5, 5.41) is 8.97. The Kier molecular flexibility index (Phi) is 2.80. The topological polar surface area (TPSA) is 50.4 Å². The van der Waals surface area contributed by atoms with Crippen LogP contribution in [0.1, 0.15) is 5.76 Å². The molecule has 1 aromatic carbocycles. The third-order valence-electron chi connectivity index (χ3n) is 3.04. The maximum atomic E-state index is 10.9. The Morgan fingerprint density at radius 1 is 1.00 bits per heavy atom. The number of benzene rings is 1. The number of carboxylic acids is 1. The zero-order valence-corrected chi connectivity index (χ0v) is 10.2. The van der Waals surface area contributed by atoms with Crippen molar-refractivity contribution >= 4 is 5.97 Å². The van der Waals surface area contributed by atoms with E-state index in [1.54, 1.807) is 0 Å². The van der Waals surface area contributed by atoms with E-state index in [0.29, 0.717) is 11.5 Å². The smallest absolute Gasteiger partial charge is 0.311 e. The fourth-order valence-electron chi connectivity index (χ4n) is 2.19. The Morgan fingerprint density at radius 3 is 2.47 bits per heavy atom. The molecule has 0 saturated carbocycles. The molecule has 3 heteroatoms. The molecule has 0 bridgehead atoms. The summed E-state index contributed by atoms with van der Waals surface area (Å²) in [4.78, 5) is 10.9. The lowest BCUT2D eigenvalue weighted by Gasteiger charge is -2.09. The van der Waals surface area contributed by atoms with Gasteiger partial charge in [-0.3, -0.25) is 4.79 Å². The number of fused-ring (bicyclic) bond motifs is 1. The van der Waals surface area contributed by atoms with Gasteiger partial charge in [0.2, 0.25) is 0 Å². The van der Waals surface area contributed by atoms with Crippen LogP contribution in [-0.2, 0) is 11.2 Å². The van der Waals surface area contributed by atoms with E-state index in [0.717, 1.165) is 16.7 Å². The summed E-state index contributed by atoms with van der Waals surface area (Å²) >= 11 is 0. The van der Waals surface area contributed by atoms with Crippen LogP contribution < -0.4 is 0 Å². The van der Waals surface area contributed by atoms with E-state index >= 15 is 0 Å². The standard InChI is InChI=1S/C16H12O3/c17-16(18)10-15-13-8-4-7-12(13)9-14(19-15)11-5-2-1-3-6-11/h1-9H,10H2,(H,17,18). The molecular weight excluding hydrogens is 240 g/mol.